The van der Waals surface area contributed by atoms with E-state index in [0.717, 1.165) is 44.3 Å². The van der Waals surface area contributed by atoms with Crippen molar-refractivity contribution in [2.45, 2.75) is 6.42 Å². The van der Waals surface area contributed by atoms with E-state index < -0.39 is 0 Å². The molecule has 0 atom stereocenters. The molecule has 1 aliphatic heterocycles. The van der Waals surface area contributed by atoms with E-state index in [4.69, 9.17) is 12.2 Å². The SMILES string of the molecule is S=C(NCCc1ccccc1)N1CCN(c2ccncc2)CC1. The Bertz CT molecular complexity index is 609. The maximum Gasteiger partial charge on any atom is 0.169 e. The topological polar surface area (TPSA) is 31.4 Å². The van der Waals surface area contributed by atoms with Gasteiger partial charge in [0.15, 0.2) is 5.11 Å². The van der Waals surface area contributed by atoms with E-state index >= 15 is 0 Å². The molecule has 3 rings (SSSR count). The van der Waals surface area contributed by atoms with E-state index in [0.29, 0.717) is 0 Å². The molecule has 1 fully saturated rings. The molecule has 1 aromatic heterocycles. The highest BCUT2D eigenvalue weighted by molar-refractivity contribution is 7.80. The number of hydrogen-bond donors (Lipinski definition) is 1. The lowest BCUT2D eigenvalue weighted by molar-refractivity contribution is 0.380. The van der Waals surface area contributed by atoms with Crippen LogP contribution in [0.25, 0.3) is 0 Å². The fraction of sp³-hybridized carbons (Fsp3) is 0.333. The molecule has 2 aromatic rings. The zero-order valence-electron chi connectivity index (χ0n) is 13.2. The molecule has 1 saturated heterocycles. The van der Waals surface area contributed by atoms with Crippen molar-refractivity contribution in [3.05, 3.63) is 60.4 Å². The number of hydrogen-bond acceptors (Lipinski definition) is 3. The van der Waals surface area contributed by atoms with Crippen molar-refractivity contribution in [1.82, 2.24) is 15.2 Å². The number of pyridine rings is 1. The van der Waals surface area contributed by atoms with Crippen molar-refractivity contribution in [2.24, 2.45) is 0 Å². The molecule has 23 heavy (non-hydrogen) atoms. The third kappa shape index (κ3) is 4.42. The molecular weight excluding hydrogens is 304 g/mol. The van der Waals surface area contributed by atoms with Crippen LogP contribution in [0.3, 0.4) is 0 Å². The number of rotatable bonds is 4. The lowest BCUT2D eigenvalue weighted by Gasteiger charge is -2.37. The second-order valence-electron chi connectivity index (χ2n) is 5.65. The van der Waals surface area contributed by atoms with Crippen LogP contribution in [0, 0.1) is 0 Å². The normalized spacial score (nSPS) is 14.6. The molecule has 0 saturated carbocycles. The largest absolute Gasteiger partial charge is 0.368 e. The van der Waals surface area contributed by atoms with Crippen LogP contribution >= 0.6 is 12.2 Å². The van der Waals surface area contributed by atoms with Crippen molar-refractivity contribution < 1.29 is 0 Å². The number of anilines is 1. The smallest absolute Gasteiger partial charge is 0.169 e. The Morgan fingerprint density at radius 1 is 1.00 bits per heavy atom. The minimum absolute atomic E-state index is 0.871. The third-order valence-corrected chi connectivity index (χ3v) is 4.53. The molecular formula is C18H22N4S. The standard InChI is InChI=1S/C18H22N4S/c23-18(20-11-6-16-4-2-1-3-5-16)22-14-12-21(13-15-22)17-7-9-19-10-8-17/h1-5,7-10H,6,11-15H2,(H,20,23). The van der Waals surface area contributed by atoms with E-state index in [1.165, 1.54) is 11.3 Å². The van der Waals surface area contributed by atoms with Crippen molar-refractivity contribution in [2.75, 3.05) is 37.6 Å². The second-order valence-corrected chi connectivity index (χ2v) is 6.03. The van der Waals surface area contributed by atoms with Crippen molar-refractivity contribution in [3.63, 3.8) is 0 Å². The van der Waals surface area contributed by atoms with Gasteiger partial charge in [-0.1, -0.05) is 30.3 Å². The van der Waals surface area contributed by atoms with Crippen LogP contribution in [0.2, 0.25) is 0 Å². The second kappa shape index (κ2) is 7.92. The van der Waals surface area contributed by atoms with Gasteiger partial charge in [-0.25, -0.2) is 0 Å². The minimum atomic E-state index is 0.871. The molecule has 0 unspecified atom stereocenters. The summed E-state index contributed by atoms with van der Waals surface area (Å²) >= 11 is 5.53. The minimum Gasteiger partial charge on any atom is -0.368 e. The molecule has 5 heteroatoms. The number of nitrogens with zero attached hydrogens (tertiary/aromatic N) is 3. The zero-order chi connectivity index (χ0) is 15.9. The molecule has 0 radical (unpaired) electrons. The van der Waals surface area contributed by atoms with E-state index in [-0.39, 0.29) is 0 Å². The van der Waals surface area contributed by atoms with Crippen LogP contribution in [0.5, 0.6) is 0 Å². The molecule has 1 aromatic carbocycles. The van der Waals surface area contributed by atoms with Crippen LogP contribution in [0.15, 0.2) is 54.9 Å². The molecule has 0 spiro atoms. The van der Waals surface area contributed by atoms with Gasteiger partial charge in [0.2, 0.25) is 0 Å². The van der Waals surface area contributed by atoms with Gasteiger partial charge in [-0.2, -0.15) is 0 Å². The Morgan fingerprint density at radius 3 is 2.39 bits per heavy atom. The van der Waals surface area contributed by atoms with Gasteiger partial charge >= 0.3 is 0 Å². The predicted molar refractivity (Wildman–Crippen MR) is 98.8 cm³/mol. The van der Waals surface area contributed by atoms with E-state index in [1.807, 2.05) is 18.5 Å². The van der Waals surface area contributed by atoms with Crippen molar-refractivity contribution in [3.8, 4) is 0 Å². The summed E-state index contributed by atoms with van der Waals surface area (Å²) in [4.78, 5) is 8.72. The third-order valence-electron chi connectivity index (χ3n) is 4.13. The highest BCUT2D eigenvalue weighted by Crippen LogP contribution is 2.14. The number of aromatic nitrogens is 1. The molecule has 2 heterocycles. The van der Waals surface area contributed by atoms with E-state index in [1.54, 1.807) is 0 Å². The molecule has 0 bridgehead atoms. The number of piperazine rings is 1. The molecule has 1 N–H and O–H groups in total. The van der Waals surface area contributed by atoms with Gasteiger partial charge in [0.05, 0.1) is 0 Å². The highest BCUT2D eigenvalue weighted by atomic mass is 32.1. The van der Waals surface area contributed by atoms with Gasteiger partial charge in [0, 0.05) is 50.8 Å². The monoisotopic (exact) mass is 326 g/mol. The number of nitrogens with one attached hydrogen (secondary N) is 1. The van der Waals surface area contributed by atoms with Gasteiger partial charge in [-0.05, 0) is 36.3 Å². The summed E-state index contributed by atoms with van der Waals surface area (Å²) < 4.78 is 0. The highest BCUT2D eigenvalue weighted by Gasteiger charge is 2.18. The number of benzene rings is 1. The van der Waals surface area contributed by atoms with Gasteiger partial charge in [-0.3, -0.25) is 4.98 Å². The Balaban J connectivity index is 1.41. The lowest BCUT2D eigenvalue weighted by atomic mass is 10.1. The fourth-order valence-electron chi connectivity index (χ4n) is 2.79. The summed E-state index contributed by atoms with van der Waals surface area (Å²) in [6.45, 7) is 4.78. The average Bonchev–Trinajstić information content (AvgIpc) is 2.63. The quantitative estimate of drug-likeness (QED) is 0.872. The van der Waals surface area contributed by atoms with Crippen LogP contribution in [-0.4, -0.2) is 47.7 Å². The van der Waals surface area contributed by atoms with Crippen LogP contribution in [0.4, 0.5) is 5.69 Å². The average molecular weight is 326 g/mol. The summed E-state index contributed by atoms with van der Waals surface area (Å²) in [7, 11) is 0. The summed E-state index contributed by atoms with van der Waals surface area (Å²) in [5.41, 5.74) is 2.58. The van der Waals surface area contributed by atoms with Crippen molar-refractivity contribution >= 4 is 23.0 Å². The summed E-state index contributed by atoms with van der Waals surface area (Å²) in [5, 5.41) is 4.25. The Labute approximate surface area is 143 Å². The van der Waals surface area contributed by atoms with E-state index in [2.05, 4.69) is 56.5 Å². The van der Waals surface area contributed by atoms with Gasteiger partial charge in [0.25, 0.3) is 0 Å². The van der Waals surface area contributed by atoms with E-state index in [9.17, 15) is 0 Å². The predicted octanol–water partition coefficient (Wildman–Crippen LogP) is 2.32. The summed E-state index contributed by atoms with van der Waals surface area (Å²) in [6, 6.07) is 14.6. The maximum absolute atomic E-state index is 5.53. The Hall–Kier alpha value is -2.14. The van der Waals surface area contributed by atoms with Gasteiger partial charge < -0.3 is 15.1 Å². The first-order valence-electron chi connectivity index (χ1n) is 8.04. The zero-order valence-corrected chi connectivity index (χ0v) is 14.0. The van der Waals surface area contributed by atoms with Crippen molar-refractivity contribution in [1.29, 1.82) is 0 Å². The van der Waals surface area contributed by atoms with Crippen LogP contribution in [0.1, 0.15) is 5.56 Å². The summed E-state index contributed by atoms with van der Waals surface area (Å²) in [5.74, 6) is 0. The molecule has 0 aliphatic carbocycles. The first kappa shape index (κ1) is 15.7. The fourth-order valence-corrected chi connectivity index (χ4v) is 3.08. The molecule has 120 valence electrons. The molecule has 1 aliphatic rings. The first-order chi connectivity index (χ1) is 11.3. The first-order valence-corrected chi connectivity index (χ1v) is 8.45. The van der Waals surface area contributed by atoms with Crippen LogP contribution < -0.4 is 10.2 Å². The van der Waals surface area contributed by atoms with Crippen LogP contribution in [-0.2, 0) is 6.42 Å². The summed E-state index contributed by atoms with van der Waals surface area (Å²) in [6.07, 6.45) is 4.69. The van der Waals surface area contributed by atoms with Gasteiger partial charge in [-0.15, -0.1) is 0 Å². The Morgan fingerprint density at radius 2 is 1.70 bits per heavy atom. The maximum atomic E-state index is 5.53. The number of thiocarbonyl (C=S) groups is 1. The molecule has 4 nitrogen and oxygen atoms in total. The van der Waals surface area contributed by atoms with Gasteiger partial charge in [0.1, 0.15) is 0 Å². The Kier molecular flexibility index (Phi) is 5.42. The molecule has 0 amide bonds. The lowest BCUT2D eigenvalue weighted by Crippen LogP contribution is -2.52.